The molecule has 22 heavy (non-hydrogen) atoms. The lowest BCUT2D eigenvalue weighted by molar-refractivity contribution is -0.145. The van der Waals surface area contributed by atoms with Gasteiger partial charge in [0.25, 0.3) is 0 Å². The molecule has 2 aromatic rings. The topological polar surface area (TPSA) is 73.9 Å². The number of carbonyl (C=O) groups is 1. The Morgan fingerprint density at radius 2 is 1.86 bits per heavy atom. The first-order valence-corrected chi connectivity index (χ1v) is 7.16. The van der Waals surface area contributed by atoms with Gasteiger partial charge in [0.15, 0.2) is 5.41 Å². The number of hydrogen-bond acceptors (Lipinski definition) is 4. The first kappa shape index (κ1) is 14.1. The van der Waals surface area contributed by atoms with Crippen LogP contribution in [0.25, 0.3) is 10.8 Å². The quantitative estimate of drug-likeness (QED) is 0.814. The number of esters is 1. The van der Waals surface area contributed by atoms with Gasteiger partial charge in [0, 0.05) is 5.92 Å². The average molecular weight is 290 g/mol. The Bertz CT molecular complexity index is 810. The molecule has 0 spiro atoms. The molecule has 0 unspecified atom stereocenters. The fourth-order valence-corrected chi connectivity index (χ4v) is 3.19. The molecule has 3 rings (SSSR count). The molecule has 0 saturated heterocycles. The molecule has 0 aliphatic heterocycles. The number of fused-ring (bicyclic) bond motifs is 1. The molecule has 108 valence electrons. The van der Waals surface area contributed by atoms with Gasteiger partial charge in [0.1, 0.15) is 0 Å². The van der Waals surface area contributed by atoms with Crippen LogP contribution >= 0.6 is 0 Å². The van der Waals surface area contributed by atoms with Gasteiger partial charge < -0.3 is 4.74 Å². The monoisotopic (exact) mass is 290 g/mol. The fourth-order valence-electron chi connectivity index (χ4n) is 3.19. The van der Waals surface area contributed by atoms with E-state index in [2.05, 4.69) is 0 Å². The number of rotatable bonds is 3. The molecule has 4 heteroatoms. The first-order valence-electron chi connectivity index (χ1n) is 7.16. The number of nitrogens with zero attached hydrogens (tertiary/aromatic N) is 2. The van der Waals surface area contributed by atoms with Crippen molar-refractivity contribution >= 4 is 16.7 Å². The molecule has 0 bridgehead atoms. The van der Waals surface area contributed by atoms with E-state index in [1.807, 2.05) is 54.6 Å². The third kappa shape index (κ3) is 1.85. The smallest absolute Gasteiger partial charge is 0.312 e. The van der Waals surface area contributed by atoms with Crippen molar-refractivity contribution in [2.24, 2.45) is 11.3 Å². The van der Waals surface area contributed by atoms with E-state index in [4.69, 9.17) is 4.74 Å². The maximum absolute atomic E-state index is 12.1. The summed E-state index contributed by atoms with van der Waals surface area (Å²) in [7, 11) is 0. The zero-order valence-electron chi connectivity index (χ0n) is 12.1. The van der Waals surface area contributed by atoms with E-state index in [0.717, 1.165) is 16.3 Å². The van der Waals surface area contributed by atoms with E-state index in [1.54, 1.807) is 6.92 Å². The lowest BCUT2D eigenvalue weighted by atomic mass is 9.96. The van der Waals surface area contributed by atoms with E-state index in [-0.39, 0.29) is 6.61 Å². The minimum absolute atomic E-state index is 0.241. The van der Waals surface area contributed by atoms with Gasteiger partial charge in [-0.15, -0.1) is 0 Å². The van der Waals surface area contributed by atoms with Crippen molar-refractivity contribution in [2.75, 3.05) is 6.61 Å². The summed E-state index contributed by atoms with van der Waals surface area (Å²) in [6.07, 6.45) is 0. The van der Waals surface area contributed by atoms with Crippen LogP contribution in [0.4, 0.5) is 0 Å². The SMILES string of the molecule is CCOC(=O)[C@H]1[C@H](c2cccc3ccccc23)C1(C#N)C#N. The first-order chi connectivity index (χ1) is 10.7. The highest BCUT2D eigenvalue weighted by atomic mass is 16.5. The number of carbonyl (C=O) groups excluding carboxylic acids is 1. The van der Waals surface area contributed by atoms with Crippen LogP contribution in [0.1, 0.15) is 18.4 Å². The van der Waals surface area contributed by atoms with E-state index < -0.39 is 23.2 Å². The van der Waals surface area contributed by atoms with Crippen LogP contribution in [0.5, 0.6) is 0 Å². The van der Waals surface area contributed by atoms with E-state index >= 15 is 0 Å². The summed E-state index contributed by atoms with van der Waals surface area (Å²) >= 11 is 0. The van der Waals surface area contributed by atoms with Crippen molar-refractivity contribution in [2.45, 2.75) is 12.8 Å². The standard InChI is InChI=1S/C18H14N2O2/c1-2-22-17(21)16-15(18(16,10-19)11-20)14-9-5-7-12-6-3-4-8-13(12)14/h3-9,15-16H,2H2,1H3/t15-,16+/m0/s1. The van der Waals surface area contributed by atoms with Gasteiger partial charge in [-0.1, -0.05) is 42.5 Å². The number of ether oxygens (including phenoxy) is 1. The van der Waals surface area contributed by atoms with Crippen molar-refractivity contribution in [3.63, 3.8) is 0 Å². The van der Waals surface area contributed by atoms with Gasteiger partial charge >= 0.3 is 5.97 Å². The molecule has 4 nitrogen and oxygen atoms in total. The second-order valence-electron chi connectivity index (χ2n) is 5.37. The van der Waals surface area contributed by atoms with Crippen molar-refractivity contribution in [3.8, 4) is 12.1 Å². The van der Waals surface area contributed by atoms with Crippen LogP contribution < -0.4 is 0 Å². The molecule has 2 atom stereocenters. The molecular formula is C18H14N2O2. The molecule has 2 aromatic carbocycles. The highest BCUT2D eigenvalue weighted by molar-refractivity contribution is 5.90. The average Bonchev–Trinajstić information content (AvgIpc) is 3.24. The second kappa shape index (κ2) is 5.16. The molecule has 0 radical (unpaired) electrons. The zero-order chi connectivity index (χ0) is 15.7. The van der Waals surface area contributed by atoms with Crippen LogP contribution in [-0.4, -0.2) is 12.6 Å². The van der Waals surface area contributed by atoms with Crippen LogP contribution in [0.2, 0.25) is 0 Å². The molecule has 1 saturated carbocycles. The Balaban J connectivity index is 2.12. The lowest BCUT2D eigenvalue weighted by Gasteiger charge is -2.06. The normalized spacial score (nSPS) is 21.6. The number of benzene rings is 2. The van der Waals surface area contributed by atoms with Gasteiger partial charge in [-0.05, 0) is 23.3 Å². The zero-order valence-corrected chi connectivity index (χ0v) is 12.1. The number of nitriles is 2. The van der Waals surface area contributed by atoms with Crippen molar-refractivity contribution in [3.05, 3.63) is 48.0 Å². The van der Waals surface area contributed by atoms with E-state index in [1.165, 1.54) is 0 Å². The minimum Gasteiger partial charge on any atom is -0.466 e. The predicted molar refractivity (Wildman–Crippen MR) is 80.5 cm³/mol. The van der Waals surface area contributed by atoms with Crippen molar-refractivity contribution in [1.29, 1.82) is 10.5 Å². The maximum atomic E-state index is 12.1. The predicted octanol–water partition coefficient (Wildman–Crippen LogP) is 3.15. The van der Waals surface area contributed by atoms with Crippen molar-refractivity contribution < 1.29 is 9.53 Å². The fraction of sp³-hybridized carbons (Fsp3) is 0.278. The van der Waals surface area contributed by atoms with Crippen LogP contribution in [0, 0.1) is 34.0 Å². The van der Waals surface area contributed by atoms with Crippen LogP contribution in [0.15, 0.2) is 42.5 Å². The highest BCUT2D eigenvalue weighted by Crippen LogP contribution is 2.65. The Labute approximate surface area is 128 Å². The Kier molecular flexibility index (Phi) is 3.31. The summed E-state index contributed by atoms with van der Waals surface area (Å²) in [4.78, 5) is 12.1. The highest BCUT2D eigenvalue weighted by Gasteiger charge is 2.72. The summed E-state index contributed by atoms with van der Waals surface area (Å²) in [6.45, 7) is 1.96. The molecule has 1 aliphatic rings. The van der Waals surface area contributed by atoms with Crippen LogP contribution in [-0.2, 0) is 9.53 Å². The molecule has 0 aromatic heterocycles. The van der Waals surface area contributed by atoms with Gasteiger partial charge in [-0.25, -0.2) is 0 Å². The summed E-state index contributed by atoms with van der Waals surface area (Å²) in [6, 6.07) is 17.6. The van der Waals surface area contributed by atoms with Gasteiger partial charge in [0.2, 0.25) is 0 Å². The molecule has 1 aliphatic carbocycles. The molecular weight excluding hydrogens is 276 g/mol. The molecule has 1 fully saturated rings. The largest absolute Gasteiger partial charge is 0.466 e. The Morgan fingerprint density at radius 1 is 1.18 bits per heavy atom. The summed E-state index contributed by atoms with van der Waals surface area (Å²) in [5.41, 5.74) is -0.463. The van der Waals surface area contributed by atoms with E-state index in [0.29, 0.717) is 0 Å². The van der Waals surface area contributed by atoms with Crippen LogP contribution in [0.3, 0.4) is 0 Å². The number of hydrogen-bond donors (Lipinski definition) is 0. The summed E-state index contributed by atoms with van der Waals surface area (Å²) in [5, 5.41) is 20.9. The second-order valence-corrected chi connectivity index (χ2v) is 5.37. The molecule has 0 N–H and O–H groups in total. The Hall–Kier alpha value is -2.85. The molecule has 0 heterocycles. The Morgan fingerprint density at radius 3 is 2.55 bits per heavy atom. The van der Waals surface area contributed by atoms with Crippen molar-refractivity contribution in [1.82, 2.24) is 0 Å². The van der Waals surface area contributed by atoms with Gasteiger partial charge in [-0.2, -0.15) is 10.5 Å². The summed E-state index contributed by atoms with van der Waals surface area (Å²) < 4.78 is 5.05. The summed E-state index contributed by atoms with van der Waals surface area (Å²) in [5.74, 6) is -1.62. The van der Waals surface area contributed by atoms with Gasteiger partial charge in [0.05, 0.1) is 24.7 Å². The third-order valence-corrected chi connectivity index (χ3v) is 4.27. The maximum Gasteiger partial charge on any atom is 0.312 e. The molecule has 0 amide bonds. The lowest BCUT2D eigenvalue weighted by Crippen LogP contribution is -2.11. The van der Waals surface area contributed by atoms with E-state index in [9.17, 15) is 15.3 Å². The third-order valence-electron chi connectivity index (χ3n) is 4.27. The minimum atomic E-state index is -1.32. The van der Waals surface area contributed by atoms with Gasteiger partial charge in [-0.3, -0.25) is 4.79 Å².